The molecule has 178 valence electrons. The van der Waals surface area contributed by atoms with Crippen LogP contribution in [0, 0.1) is 17.8 Å². The Morgan fingerprint density at radius 3 is 2.56 bits per heavy atom. The maximum absolute atomic E-state index is 4.97. The van der Waals surface area contributed by atoms with Crippen LogP contribution in [0.5, 0.6) is 0 Å². The van der Waals surface area contributed by atoms with Crippen LogP contribution in [0.4, 0.5) is 5.69 Å². The fourth-order valence-corrected chi connectivity index (χ4v) is 7.11. The highest BCUT2D eigenvalue weighted by Gasteiger charge is 2.48. The summed E-state index contributed by atoms with van der Waals surface area (Å²) in [6.45, 7) is 0. The van der Waals surface area contributed by atoms with Crippen LogP contribution < -0.4 is 5.32 Å². The number of aliphatic imine (C=N–C) groups is 1. The third-order valence-corrected chi connectivity index (χ3v) is 9.37. The maximum Gasteiger partial charge on any atom is 0.109 e. The lowest BCUT2D eigenvalue weighted by Crippen LogP contribution is -2.33. The Bertz CT molecular complexity index is 1560. The second kappa shape index (κ2) is 7.10. The molecule has 36 heavy (non-hydrogen) atoms. The molecule has 6 nitrogen and oxygen atoms in total. The first kappa shape index (κ1) is 19.8. The van der Waals surface area contributed by atoms with E-state index in [0.717, 1.165) is 64.1 Å². The van der Waals surface area contributed by atoms with Crippen molar-refractivity contribution in [3.8, 4) is 22.5 Å². The second-order valence-corrected chi connectivity index (χ2v) is 11.7. The highest BCUT2D eigenvalue weighted by Crippen LogP contribution is 2.57. The monoisotopic (exact) mass is 472 g/mol. The molecule has 4 heterocycles. The lowest BCUT2D eigenvalue weighted by atomic mass is 9.98. The van der Waals surface area contributed by atoms with Crippen LogP contribution in [0.3, 0.4) is 0 Å². The number of H-pyrrole nitrogens is 1. The van der Waals surface area contributed by atoms with E-state index in [9.17, 15) is 0 Å². The zero-order valence-corrected chi connectivity index (χ0v) is 20.1. The Morgan fingerprint density at radius 1 is 0.778 bits per heavy atom. The number of fused-ring (bicyclic) bond motifs is 4. The first-order valence-corrected chi connectivity index (χ1v) is 13.5. The van der Waals surface area contributed by atoms with Crippen molar-refractivity contribution in [3.63, 3.8) is 0 Å². The van der Waals surface area contributed by atoms with Crippen molar-refractivity contribution < 1.29 is 0 Å². The standard InChI is InChI=1S/C30H28N6/c1-3-22-19(11-26(33-22)27-12-20-10-24(20)35-27)5-15(1)16-2-4-23-25(9-16)31-13-28(34-23)29-14-32-30(36-29)21-7-17-6-18(17)8-21/h1-5,9,13-14,17-18,20-21,24,27,35H,6-8,10-12H2,(H,32,36)/t17-,18+,20-,21?,24-,27?/m1/s1. The summed E-state index contributed by atoms with van der Waals surface area (Å²) in [7, 11) is 0. The summed E-state index contributed by atoms with van der Waals surface area (Å²) in [5, 5.41) is 3.75. The van der Waals surface area contributed by atoms with Gasteiger partial charge in [-0.3, -0.25) is 9.98 Å². The predicted octanol–water partition coefficient (Wildman–Crippen LogP) is 5.58. The normalized spacial score (nSPS) is 31.3. The smallest absolute Gasteiger partial charge is 0.109 e. The first-order valence-electron chi connectivity index (χ1n) is 13.5. The zero-order chi connectivity index (χ0) is 23.4. The lowest BCUT2D eigenvalue weighted by Gasteiger charge is -2.12. The molecule has 1 saturated heterocycles. The van der Waals surface area contributed by atoms with E-state index >= 15 is 0 Å². The Morgan fingerprint density at radius 2 is 1.67 bits per heavy atom. The Balaban J connectivity index is 0.965. The highest BCUT2D eigenvalue weighted by molar-refractivity contribution is 5.98. The van der Waals surface area contributed by atoms with Gasteiger partial charge in [-0.05, 0) is 90.8 Å². The van der Waals surface area contributed by atoms with Crippen LogP contribution in [-0.2, 0) is 6.42 Å². The molecule has 2 aromatic carbocycles. The summed E-state index contributed by atoms with van der Waals surface area (Å²) in [6.07, 6.45) is 11.4. The van der Waals surface area contributed by atoms with E-state index in [-0.39, 0.29) is 0 Å². The van der Waals surface area contributed by atoms with Gasteiger partial charge in [0.05, 0.1) is 34.8 Å². The van der Waals surface area contributed by atoms with Crippen molar-refractivity contribution >= 4 is 22.4 Å². The summed E-state index contributed by atoms with van der Waals surface area (Å²) in [5.74, 6) is 4.51. The van der Waals surface area contributed by atoms with Gasteiger partial charge in [0.2, 0.25) is 0 Å². The molecule has 0 radical (unpaired) electrons. The molecular weight excluding hydrogens is 444 g/mol. The van der Waals surface area contributed by atoms with Crippen LogP contribution in [-0.4, -0.2) is 37.7 Å². The van der Waals surface area contributed by atoms with E-state index in [0.29, 0.717) is 12.0 Å². The van der Waals surface area contributed by atoms with Crippen LogP contribution in [0.2, 0.25) is 0 Å². The third kappa shape index (κ3) is 3.13. The summed E-state index contributed by atoms with van der Waals surface area (Å²) in [6, 6.07) is 14.3. The number of aromatic nitrogens is 4. The van der Waals surface area contributed by atoms with Gasteiger partial charge < -0.3 is 10.3 Å². The van der Waals surface area contributed by atoms with Gasteiger partial charge in [0.25, 0.3) is 0 Å². The molecule has 2 N–H and O–H groups in total. The van der Waals surface area contributed by atoms with Crippen molar-refractivity contribution in [3.05, 3.63) is 60.2 Å². The molecule has 4 aromatic rings. The van der Waals surface area contributed by atoms with Crippen LogP contribution in [0.25, 0.3) is 33.5 Å². The van der Waals surface area contributed by atoms with Gasteiger partial charge in [-0.2, -0.15) is 0 Å². The topological polar surface area (TPSA) is 78.8 Å². The van der Waals surface area contributed by atoms with Gasteiger partial charge in [-0.1, -0.05) is 12.1 Å². The summed E-state index contributed by atoms with van der Waals surface area (Å²) < 4.78 is 0. The van der Waals surface area contributed by atoms with Crippen LogP contribution in [0.15, 0.2) is 53.8 Å². The van der Waals surface area contributed by atoms with E-state index in [4.69, 9.17) is 19.9 Å². The molecule has 2 unspecified atom stereocenters. The molecule has 3 saturated carbocycles. The minimum atomic E-state index is 0.476. The molecule has 4 fully saturated rings. The lowest BCUT2D eigenvalue weighted by molar-refractivity contribution is 0.596. The van der Waals surface area contributed by atoms with Crippen molar-refractivity contribution in [2.45, 2.75) is 56.5 Å². The molecule has 6 atom stereocenters. The van der Waals surface area contributed by atoms with E-state index in [1.807, 2.05) is 12.4 Å². The summed E-state index contributed by atoms with van der Waals surface area (Å²) in [5.41, 5.74) is 9.82. The fraction of sp³-hybridized carbons (Fsp3) is 0.400. The summed E-state index contributed by atoms with van der Waals surface area (Å²) in [4.78, 5) is 22.9. The number of hydrogen-bond donors (Lipinski definition) is 2. The molecule has 9 rings (SSSR count). The Kier molecular flexibility index (Phi) is 3.90. The fourth-order valence-electron chi connectivity index (χ4n) is 7.11. The molecule has 0 bridgehead atoms. The van der Waals surface area contributed by atoms with Crippen molar-refractivity contribution in [2.24, 2.45) is 22.7 Å². The maximum atomic E-state index is 4.97. The molecule has 0 amide bonds. The van der Waals surface area contributed by atoms with E-state index in [1.165, 1.54) is 54.5 Å². The van der Waals surface area contributed by atoms with Crippen molar-refractivity contribution in [1.29, 1.82) is 0 Å². The molecule has 2 aliphatic heterocycles. The number of piperidine rings is 1. The third-order valence-electron chi connectivity index (χ3n) is 9.37. The largest absolute Gasteiger partial charge is 0.340 e. The van der Waals surface area contributed by atoms with Gasteiger partial charge >= 0.3 is 0 Å². The number of aromatic amines is 1. The number of imidazole rings is 1. The van der Waals surface area contributed by atoms with Crippen LogP contribution in [0.1, 0.15) is 49.4 Å². The minimum absolute atomic E-state index is 0.476. The average Bonchev–Trinajstić information content (AvgIpc) is 3.49. The Labute approximate surface area is 209 Å². The van der Waals surface area contributed by atoms with Gasteiger partial charge in [0.15, 0.2) is 0 Å². The number of hydrogen-bond acceptors (Lipinski definition) is 5. The van der Waals surface area contributed by atoms with Crippen molar-refractivity contribution in [1.82, 2.24) is 25.3 Å². The minimum Gasteiger partial charge on any atom is -0.340 e. The summed E-state index contributed by atoms with van der Waals surface area (Å²) >= 11 is 0. The number of rotatable bonds is 4. The molecular formula is C30H28N6. The van der Waals surface area contributed by atoms with Gasteiger partial charge in [-0.25, -0.2) is 9.97 Å². The molecule has 2 aromatic heterocycles. The van der Waals surface area contributed by atoms with Gasteiger partial charge in [-0.15, -0.1) is 0 Å². The van der Waals surface area contributed by atoms with E-state index < -0.39 is 0 Å². The molecule has 5 aliphatic rings. The van der Waals surface area contributed by atoms with E-state index in [1.54, 1.807) is 0 Å². The molecule has 3 aliphatic carbocycles. The number of nitrogens with one attached hydrogen (secondary N) is 2. The second-order valence-electron chi connectivity index (χ2n) is 11.7. The number of nitrogens with zero attached hydrogens (tertiary/aromatic N) is 4. The molecule has 6 heteroatoms. The SMILES string of the molecule is c1cc2c(cc1-c1ccc3nc(-c4cnc(C5C[C@@H]6C[C@@H]6C5)[nH]4)cnc3c1)CC(C1C[C@H]3C[C@H]3N1)=N2. The number of benzene rings is 2. The van der Waals surface area contributed by atoms with Crippen molar-refractivity contribution in [2.75, 3.05) is 0 Å². The zero-order valence-electron chi connectivity index (χ0n) is 20.1. The van der Waals surface area contributed by atoms with Gasteiger partial charge in [0.1, 0.15) is 11.5 Å². The average molecular weight is 473 g/mol. The first-order chi connectivity index (χ1) is 17.7. The molecule has 0 spiro atoms. The van der Waals surface area contributed by atoms with E-state index in [2.05, 4.69) is 46.7 Å². The highest BCUT2D eigenvalue weighted by atomic mass is 15.1. The van der Waals surface area contributed by atoms with Crippen LogP contribution >= 0.6 is 0 Å². The Hall–Kier alpha value is -3.38. The predicted molar refractivity (Wildman–Crippen MR) is 140 cm³/mol. The van der Waals surface area contributed by atoms with Gasteiger partial charge in [0, 0.05) is 30.1 Å². The quantitative estimate of drug-likeness (QED) is 0.406.